The summed E-state index contributed by atoms with van der Waals surface area (Å²) in [5, 5.41) is 3.48. The fourth-order valence-electron chi connectivity index (χ4n) is 2.73. The molecule has 0 aromatic heterocycles. The average molecular weight is 285 g/mol. The summed E-state index contributed by atoms with van der Waals surface area (Å²) in [5.41, 5.74) is -0.500. The van der Waals surface area contributed by atoms with Gasteiger partial charge in [-0.25, -0.2) is 0 Å². The van der Waals surface area contributed by atoms with Crippen molar-refractivity contribution in [2.24, 2.45) is 5.92 Å². The third-order valence-electron chi connectivity index (χ3n) is 4.05. The fraction of sp³-hybridized carbons (Fsp3) is 0.933. The van der Waals surface area contributed by atoms with Crippen LogP contribution < -0.4 is 5.32 Å². The summed E-state index contributed by atoms with van der Waals surface area (Å²) in [4.78, 5) is 12.2. The van der Waals surface area contributed by atoms with Crippen molar-refractivity contribution in [2.45, 2.75) is 64.0 Å². The maximum Gasteiger partial charge on any atom is 0.326 e. The van der Waals surface area contributed by atoms with Crippen molar-refractivity contribution >= 4 is 17.7 Å². The lowest BCUT2D eigenvalue weighted by atomic mass is 10.1. The SMILES string of the molecule is CCOC(=O)C(C)(CSCC1CCCC1)NC1CC1. The van der Waals surface area contributed by atoms with Gasteiger partial charge in [0, 0.05) is 11.8 Å². The Balaban J connectivity index is 1.79. The first-order chi connectivity index (χ1) is 9.14. The third-order valence-corrected chi connectivity index (χ3v) is 5.53. The van der Waals surface area contributed by atoms with E-state index in [2.05, 4.69) is 5.32 Å². The molecular formula is C15H27NO2S. The van der Waals surface area contributed by atoms with Gasteiger partial charge in [0.05, 0.1) is 6.61 Å². The fourth-order valence-corrected chi connectivity index (χ4v) is 4.13. The first-order valence-electron chi connectivity index (χ1n) is 7.66. The Bertz CT molecular complexity index is 301. The van der Waals surface area contributed by atoms with Crippen LogP contribution in [0.3, 0.4) is 0 Å². The van der Waals surface area contributed by atoms with E-state index in [1.807, 2.05) is 25.6 Å². The van der Waals surface area contributed by atoms with Crippen LogP contribution in [0.15, 0.2) is 0 Å². The van der Waals surface area contributed by atoms with E-state index in [1.54, 1.807) is 0 Å². The molecule has 1 N–H and O–H groups in total. The smallest absolute Gasteiger partial charge is 0.326 e. The van der Waals surface area contributed by atoms with Crippen molar-refractivity contribution in [3.8, 4) is 0 Å². The van der Waals surface area contributed by atoms with Crippen molar-refractivity contribution in [1.82, 2.24) is 5.32 Å². The number of thioether (sulfide) groups is 1. The molecule has 1 unspecified atom stereocenters. The Morgan fingerprint density at radius 1 is 1.32 bits per heavy atom. The molecule has 2 aliphatic carbocycles. The van der Waals surface area contributed by atoms with Crippen LogP contribution in [0.25, 0.3) is 0 Å². The quantitative estimate of drug-likeness (QED) is 0.696. The van der Waals surface area contributed by atoms with Crippen molar-refractivity contribution in [2.75, 3.05) is 18.1 Å². The van der Waals surface area contributed by atoms with Gasteiger partial charge in [-0.3, -0.25) is 10.1 Å². The molecule has 110 valence electrons. The second kappa shape index (κ2) is 6.98. The number of esters is 1. The zero-order valence-electron chi connectivity index (χ0n) is 12.2. The number of carbonyl (C=O) groups is 1. The van der Waals surface area contributed by atoms with Crippen molar-refractivity contribution in [3.63, 3.8) is 0 Å². The van der Waals surface area contributed by atoms with Gasteiger partial charge < -0.3 is 4.74 Å². The summed E-state index contributed by atoms with van der Waals surface area (Å²) in [6, 6.07) is 0.529. The van der Waals surface area contributed by atoms with E-state index in [4.69, 9.17) is 4.74 Å². The van der Waals surface area contributed by atoms with Gasteiger partial charge in [-0.1, -0.05) is 12.8 Å². The number of nitrogens with one attached hydrogen (secondary N) is 1. The van der Waals surface area contributed by atoms with E-state index < -0.39 is 5.54 Å². The molecule has 2 rings (SSSR count). The van der Waals surface area contributed by atoms with Crippen LogP contribution in [0.5, 0.6) is 0 Å². The number of hydrogen-bond donors (Lipinski definition) is 1. The average Bonchev–Trinajstić information content (AvgIpc) is 3.03. The van der Waals surface area contributed by atoms with Gasteiger partial charge in [-0.15, -0.1) is 0 Å². The maximum atomic E-state index is 12.2. The molecule has 0 spiro atoms. The summed E-state index contributed by atoms with van der Waals surface area (Å²) in [6.45, 7) is 4.35. The van der Waals surface area contributed by atoms with Gasteiger partial charge in [0.2, 0.25) is 0 Å². The predicted octanol–water partition coefficient (Wildman–Crippen LogP) is 2.98. The van der Waals surface area contributed by atoms with Gasteiger partial charge >= 0.3 is 5.97 Å². The minimum Gasteiger partial charge on any atom is -0.465 e. The summed E-state index contributed by atoms with van der Waals surface area (Å²) >= 11 is 1.92. The highest BCUT2D eigenvalue weighted by Gasteiger charge is 2.39. The maximum absolute atomic E-state index is 12.2. The topological polar surface area (TPSA) is 38.3 Å². The molecule has 0 saturated heterocycles. The van der Waals surface area contributed by atoms with E-state index >= 15 is 0 Å². The highest BCUT2D eigenvalue weighted by Crippen LogP contribution is 2.30. The monoisotopic (exact) mass is 285 g/mol. The van der Waals surface area contributed by atoms with Crippen LogP contribution in [-0.4, -0.2) is 35.7 Å². The van der Waals surface area contributed by atoms with E-state index in [-0.39, 0.29) is 5.97 Å². The number of carbonyl (C=O) groups excluding carboxylic acids is 1. The highest BCUT2D eigenvalue weighted by atomic mass is 32.2. The van der Waals surface area contributed by atoms with Crippen LogP contribution in [0.2, 0.25) is 0 Å². The Morgan fingerprint density at radius 2 is 2.00 bits per heavy atom. The second-order valence-electron chi connectivity index (χ2n) is 6.14. The van der Waals surface area contributed by atoms with Crippen LogP contribution in [0.4, 0.5) is 0 Å². The highest BCUT2D eigenvalue weighted by molar-refractivity contribution is 7.99. The molecule has 0 amide bonds. The number of hydrogen-bond acceptors (Lipinski definition) is 4. The first kappa shape index (κ1) is 15.2. The van der Waals surface area contributed by atoms with Crippen molar-refractivity contribution in [3.05, 3.63) is 0 Å². The van der Waals surface area contributed by atoms with Gasteiger partial charge in [0.25, 0.3) is 0 Å². The molecule has 3 nitrogen and oxygen atoms in total. The van der Waals surface area contributed by atoms with Gasteiger partial charge in [-0.05, 0) is 51.2 Å². The molecule has 2 fully saturated rings. The molecule has 0 aliphatic heterocycles. The first-order valence-corrected chi connectivity index (χ1v) is 8.82. The minimum absolute atomic E-state index is 0.0826. The molecule has 4 heteroatoms. The lowest BCUT2D eigenvalue weighted by molar-refractivity contribution is -0.149. The zero-order chi connectivity index (χ0) is 13.7. The molecule has 0 heterocycles. The van der Waals surface area contributed by atoms with E-state index in [0.717, 1.165) is 11.7 Å². The van der Waals surface area contributed by atoms with Crippen LogP contribution >= 0.6 is 11.8 Å². The van der Waals surface area contributed by atoms with Gasteiger partial charge in [-0.2, -0.15) is 11.8 Å². The number of rotatable bonds is 8. The van der Waals surface area contributed by atoms with E-state index in [0.29, 0.717) is 12.6 Å². The zero-order valence-corrected chi connectivity index (χ0v) is 13.1. The molecule has 0 radical (unpaired) electrons. The summed E-state index contributed by atoms with van der Waals surface area (Å²) in [6.07, 6.45) is 7.92. The Labute approximate surface area is 121 Å². The normalized spacial score (nSPS) is 23.3. The lowest BCUT2D eigenvalue weighted by Gasteiger charge is -2.28. The van der Waals surface area contributed by atoms with Gasteiger partial charge in [0.15, 0.2) is 0 Å². The van der Waals surface area contributed by atoms with E-state index in [9.17, 15) is 4.79 Å². The standard InChI is InChI=1S/C15H27NO2S/c1-3-18-14(17)15(2,16-13-8-9-13)11-19-10-12-6-4-5-7-12/h12-13,16H,3-11H2,1-2H3. The Hall–Kier alpha value is -0.220. The molecule has 0 bridgehead atoms. The molecule has 2 aliphatic rings. The number of ether oxygens (including phenoxy) is 1. The minimum atomic E-state index is -0.500. The van der Waals surface area contributed by atoms with Crippen LogP contribution in [0, 0.1) is 5.92 Å². The molecule has 0 aromatic rings. The van der Waals surface area contributed by atoms with Crippen molar-refractivity contribution < 1.29 is 9.53 Å². The summed E-state index contributed by atoms with van der Waals surface area (Å²) in [5.74, 6) is 2.82. The third kappa shape index (κ3) is 4.67. The molecule has 0 aromatic carbocycles. The second-order valence-corrected chi connectivity index (χ2v) is 7.17. The molecule has 2 saturated carbocycles. The lowest BCUT2D eigenvalue weighted by Crippen LogP contribution is -2.53. The predicted molar refractivity (Wildman–Crippen MR) is 80.5 cm³/mol. The van der Waals surface area contributed by atoms with Crippen LogP contribution in [-0.2, 0) is 9.53 Å². The van der Waals surface area contributed by atoms with Gasteiger partial charge in [0.1, 0.15) is 5.54 Å². The summed E-state index contributed by atoms with van der Waals surface area (Å²) in [7, 11) is 0. The Kier molecular flexibility index (Phi) is 5.58. The van der Waals surface area contributed by atoms with Crippen molar-refractivity contribution in [1.29, 1.82) is 0 Å². The van der Waals surface area contributed by atoms with Crippen LogP contribution in [0.1, 0.15) is 52.4 Å². The Morgan fingerprint density at radius 3 is 2.58 bits per heavy atom. The molecule has 1 atom stereocenters. The van der Waals surface area contributed by atoms with E-state index in [1.165, 1.54) is 44.3 Å². The summed E-state index contributed by atoms with van der Waals surface area (Å²) < 4.78 is 5.24. The molecule has 19 heavy (non-hydrogen) atoms. The molecular weight excluding hydrogens is 258 g/mol. The largest absolute Gasteiger partial charge is 0.465 e.